The van der Waals surface area contributed by atoms with Crippen molar-refractivity contribution >= 4 is 21.4 Å². The lowest BCUT2D eigenvalue weighted by atomic mass is 10.0. The number of rotatable bonds is 7. The molecule has 0 saturated carbocycles. The number of hydrogen-bond donors (Lipinski definition) is 1. The van der Waals surface area contributed by atoms with Crippen LogP contribution in [0.4, 0.5) is 10.1 Å². The number of methoxy groups -OCH3 is 1. The molecule has 0 bridgehead atoms. The Balaban J connectivity index is 1.61. The number of halogens is 1. The summed E-state index contributed by atoms with van der Waals surface area (Å²) in [5.74, 6) is -0.790. The number of piperidine rings is 1. The summed E-state index contributed by atoms with van der Waals surface area (Å²) in [6, 6.07) is 7.81. The summed E-state index contributed by atoms with van der Waals surface area (Å²) < 4.78 is 42.5. The van der Waals surface area contributed by atoms with Crippen LogP contribution in [0.1, 0.15) is 28.8 Å². The third-order valence-corrected chi connectivity index (χ3v) is 6.43. The molecular weight excluding hydrogens is 441 g/mol. The van der Waals surface area contributed by atoms with Crippen molar-refractivity contribution in [2.75, 3.05) is 26.5 Å². The second kappa shape index (κ2) is 9.61. The van der Waals surface area contributed by atoms with Gasteiger partial charge in [0.25, 0.3) is 11.6 Å². The first-order valence-electron chi connectivity index (χ1n) is 9.92. The first kappa shape index (κ1) is 23.6. The summed E-state index contributed by atoms with van der Waals surface area (Å²) in [6.07, 6.45) is 2.20. The number of nitrogens with one attached hydrogen (secondary N) is 1. The molecule has 2 aromatic carbocycles. The summed E-state index contributed by atoms with van der Waals surface area (Å²) in [4.78, 5) is 24.9. The van der Waals surface area contributed by atoms with Gasteiger partial charge in [-0.15, -0.1) is 0 Å². The monoisotopic (exact) mass is 465 g/mol. The molecule has 9 nitrogen and oxygen atoms in total. The number of benzene rings is 2. The van der Waals surface area contributed by atoms with Gasteiger partial charge in [0.2, 0.25) is 0 Å². The quantitative estimate of drug-likeness (QED) is 0.493. The van der Waals surface area contributed by atoms with Crippen molar-refractivity contribution in [3.8, 4) is 5.75 Å². The van der Waals surface area contributed by atoms with E-state index in [0.29, 0.717) is 32.5 Å². The zero-order valence-corrected chi connectivity index (χ0v) is 18.5. The molecule has 0 unspecified atom stereocenters. The summed E-state index contributed by atoms with van der Waals surface area (Å²) in [7, 11) is -2.31. The molecule has 1 fully saturated rings. The van der Waals surface area contributed by atoms with Crippen LogP contribution in [-0.4, -0.2) is 56.6 Å². The molecule has 172 valence electrons. The van der Waals surface area contributed by atoms with Crippen molar-refractivity contribution in [1.82, 2.24) is 10.2 Å². The number of non-ortho nitro benzene ring substituents is 1. The Morgan fingerprint density at radius 3 is 2.50 bits per heavy atom. The van der Waals surface area contributed by atoms with E-state index in [1.165, 1.54) is 13.2 Å². The molecule has 0 aliphatic carbocycles. The van der Waals surface area contributed by atoms with Gasteiger partial charge in [-0.1, -0.05) is 6.07 Å². The van der Waals surface area contributed by atoms with Crippen molar-refractivity contribution in [2.24, 2.45) is 0 Å². The van der Waals surface area contributed by atoms with Crippen LogP contribution >= 0.6 is 0 Å². The van der Waals surface area contributed by atoms with E-state index in [1.807, 2.05) is 0 Å². The minimum Gasteiger partial charge on any atom is -0.494 e. The average Bonchev–Trinajstić information content (AvgIpc) is 2.74. The maximum Gasteiger partial charge on any atom is 0.271 e. The molecule has 11 heteroatoms. The molecule has 3 rings (SSSR count). The van der Waals surface area contributed by atoms with Crippen LogP contribution in [0.25, 0.3) is 0 Å². The summed E-state index contributed by atoms with van der Waals surface area (Å²) >= 11 is 0. The molecule has 0 atom stereocenters. The van der Waals surface area contributed by atoms with Gasteiger partial charge in [-0.2, -0.15) is 0 Å². The van der Waals surface area contributed by atoms with Gasteiger partial charge in [0.05, 0.1) is 16.9 Å². The molecule has 0 radical (unpaired) electrons. The number of likely N-dealkylation sites (tertiary alicyclic amines) is 1. The Labute approximate surface area is 185 Å². The van der Waals surface area contributed by atoms with Gasteiger partial charge in [0.1, 0.15) is 0 Å². The first-order chi connectivity index (χ1) is 15.1. The van der Waals surface area contributed by atoms with Gasteiger partial charge in [0.15, 0.2) is 21.4 Å². The largest absolute Gasteiger partial charge is 0.494 e. The number of nitro groups is 1. The zero-order chi connectivity index (χ0) is 23.5. The molecule has 0 aromatic heterocycles. The minimum absolute atomic E-state index is 0.0734. The number of nitrogens with zero attached hydrogens (tertiary/aromatic N) is 2. The van der Waals surface area contributed by atoms with Gasteiger partial charge < -0.3 is 10.1 Å². The van der Waals surface area contributed by atoms with E-state index in [1.54, 1.807) is 12.1 Å². The Morgan fingerprint density at radius 1 is 1.25 bits per heavy atom. The average molecular weight is 466 g/mol. The third-order valence-electron chi connectivity index (χ3n) is 5.34. The number of nitro benzene ring substituents is 1. The molecule has 2 aromatic rings. The van der Waals surface area contributed by atoms with Crippen LogP contribution in [0.5, 0.6) is 5.75 Å². The predicted molar refractivity (Wildman–Crippen MR) is 115 cm³/mol. The van der Waals surface area contributed by atoms with Gasteiger partial charge in [-0.25, -0.2) is 12.8 Å². The zero-order valence-electron chi connectivity index (χ0n) is 17.7. The smallest absolute Gasteiger partial charge is 0.271 e. The van der Waals surface area contributed by atoms with Crippen LogP contribution in [0.15, 0.2) is 41.3 Å². The molecule has 1 aliphatic rings. The van der Waals surface area contributed by atoms with E-state index in [0.717, 1.165) is 30.0 Å². The fraction of sp³-hybridized carbons (Fsp3) is 0.381. The highest BCUT2D eigenvalue weighted by Crippen LogP contribution is 2.23. The highest BCUT2D eigenvalue weighted by molar-refractivity contribution is 7.90. The number of ether oxygens (including phenoxy) is 1. The molecule has 1 amide bonds. The molecule has 1 heterocycles. The van der Waals surface area contributed by atoms with Crippen LogP contribution in [0, 0.1) is 15.9 Å². The van der Waals surface area contributed by atoms with Crippen LogP contribution < -0.4 is 10.1 Å². The van der Waals surface area contributed by atoms with Gasteiger partial charge in [-0.05, 0) is 36.6 Å². The Morgan fingerprint density at radius 2 is 1.94 bits per heavy atom. The molecule has 0 spiro atoms. The summed E-state index contributed by atoms with van der Waals surface area (Å²) in [5.41, 5.74) is 0.283. The van der Waals surface area contributed by atoms with E-state index in [2.05, 4.69) is 10.2 Å². The van der Waals surface area contributed by atoms with E-state index in [-0.39, 0.29) is 22.3 Å². The maximum absolute atomic E-state index is 13.9. The van der Waals surface area contributed by atoms with E-state index >= 15 is 0 Å². The number of sulfone groups is 1. The van der Waals surface area contributed by atoms with Crippen molar-refractivity contribution < 1.29 is 27.3 Å². The Hall–Kier alpha value is -3.05. The Bertz CT molecular complexity index is 1130. The molecule has 32 heavy (non-hydrogen) atoms. The topological polar surface area (TPSA) is 119 Å². The van der Waals surface area contributed by atoms with E-state index in [4.69, 9.17) is 4.74 Å². The van der Waals surface area contributed by atoms with Crippen LogP contribution in [0.3, 0.4) is 0 Å². The van der Waals surface area contributed by atoms with E-state index in [9.17, 15) is 27.7 Å². The standard InChI is InChI=1S/C21H24FN3O6S/c1-31-20-4-3-14(9-19(20)22)13-24-7-5-16(6-8-24)23-21(26)15-10-17(25(27)28)12-18(11-15)32(2,29)30/h3-4,9-12,16H,5-8,13H2,1-2H3,(H,23,26). The van der Waals surface area contributed by atoms with Crippen molar-refractivity contribution in [2.45, 2.75) is 30.3 Å². The van der Waals surface area contributed by atoms with Crippen molar-refractivity contribution in [3.63, 3.8) is 0 Å². The lowest BCUT2D eigenvalue weighted by Crippen LogP contribution is -2.44. The van der Waals surface area contributed by atoms with Crippen molar-refractivity contribution in [1.29, 1.82) is 0 Å². The Kier molecular flexibility index (Phi) is 7.09. The van der Waals surface area contributed by atoms with Crippen LogP contribution in [0.2, 0.25) is 0 Å². The molecule has 1 N–H and O–H groups in total. The number of carbonyl (C=O) groups is 1. The lowest BCUT2D eigenvalue weighted by molar-refractivity contribution is -0.385. The maximum atomic E-state index is 13.9. The fourth-order valence-electron chi connectivity index (χ4n) is 3.60. The second-order valence-electron chi connectivity index (χ2n) is 7.74. The second-order valence-corrected chi connectivity index (χ2v) is 9.75. The molecular formula is C21H24FN3O6S. The number of hydrogen-bond acceptors (Lipinski definition) is 7. The van der Waals surface area contributed by atoms with Crippen LogP contribution in [-0.2, 0) is 16.4 Å². The third kappa shape index (κ3) is 5.80. The fourth-order valence-corrected chi connectivity index (χ4v) is 4.28. The SMILES string of the molecule is COc1ccc(CN2CCC(NC(=O)c3cc([N+](=O)[O-])cc(S(C)(=O)=O)c3)CC2)cc1F. The normalized spacial score (nSPS) is 15.3. The lowest BCUT2D eigenvalue weighted by Gasteiger charge is -2.32. The highest BCUT2D eigenvalue weighted by atomic mass is 32.2. The number of carbonyl (C=O) groups excluding carboxylic acids is 1. The van der Waals surface area contributed by atoms with Crippen molar-refractivity contribution in [3.05, 3.63) is 63.5 Å². The minimum atomic E-state index is -3.72. The molecule has 1 saturated heterocycles. The van der Waals surface area contributed by atoms with Gasteiger partial charge >= 0.3 is 0 Å². The predicted octanol–water partition coefficient (Wildman–Crippen LogP) is 2.54. The summed E-state index contributed by atoms with van der Waals surface area (Å²) in [5, 5.41) is 14.0. The molecule has 1 aliphatic heterocycles. The number of amides is 1. The van der Waals surface area contributed by atoms with Gasteiger partial charge in [-0.3, -0.25) is 19.8 Å². The highest BCUT2D eigenvalue weighted by Gasteiger charge is 2.24. The van der Waals surface area contributed by atoms with Gasteiger partial charge in [0, 0.05) is 49.6 Å². The summed E-state index contributed by atoms with van der Waals surface area (Å²) in [6.45, 7) is 1.90. The van der Waals surface area contributed by atoms with E-state index < -0.39 is 32.2 Å². The first-order valence-corrected chi connectivity index (χ1v) is 11.8.